The van der Waals surface area contributed by atoms with E-state index >= 15 is 0 Å². The van der Waals surface area contributed by atoms with Crippen LogP contribution in [0.25, 0.3) is 0 Å². The molecule has 1 N–H and O–H groups in total. The minimum absolute atomic E-state index is 0.00866. The number of aliphatic hydroxyl groups is 1. The van der Waals surface area contributed by atoms with Gasteiger partial charge in [0.2, 0.25) is 0 Å². The minimum Gasteiger partial charge on any atom is -0.391 e. The van der Waals surface area contributed by atoms with Crippen LogP contribution in [0.1, 0.15) is 47.2 Å². The molecule has 1 aliphatic heterocycles. The van der Waals surface area contributed by atoms with Gasteiger partial charge < -0.3 is 14.7 Å². The fourth-order valence-electron chi connectivity index (χ4n) is 3.20. The maximum absolute atomic E-state index is 12.6. The lowest BCUT2D eigenvalue weighted by molar-refractivity contribution is 0.0268. The summed E-state index contributed by atoms with van der Waals surface area (Å²) < 4.78 is 5.38. The van der Waals surface area contributed by atoms with Crippen LogP contribution in [-0.2, 0) is 18.0 Å². The third kappa shape index (κ3) is 2.45. The van der Waals surface area contributed by atoms with E-state index < -0.39 is 6.10 Å². The Labute approximate surface area is 119 Å². The SMILES string of the molecule is CN(C(=O)c1ccc2c(c1)COC2)C1CCCCC1O. The summed E-state index contributed by atoms with van der Waals surface area (Å²) in [7, 11) is 1.80. The quantitative estimate of drug-likeness (QED) is 0.899. The molecule has 1 aliphatic carbocycles. The van der Waals surface area contributed by atoms with Crippen LogP contribution in [0.2, 0.25) is 0 Å². The molecule has 108 valence electrons. The van der Waals surface area contributed by atoms with Crippen molar-refractivity contribution in [3.05, 3.63) is 34.9 Å². The summed E-state index contributed by atoms with van der Waals surface area (Å²) in [6.45, 7) is 1.23. The van der Waals surface area contributed by atoms with E-state index in [-0.39, 0.29) is 11.9 Å². The smallest absolute Gasteiger partial charge is 0.253 e. The lowest BCUT2D eigenvalue weighted by atomic mass is 9.91. The first-order valence-corrected chi connectivity index (χ1v) is 7.31. The number of nitrogens with zero attached hydrogens (tertiary/aromatic N) is 1. The molecule has 2 aliphatic rings. The fourth-order valence-corrected chi connectivity index (χ4v) is 3.20. The normalized spacial score (nSPS) is 25.3. The van der Waals surface area contributed by atoms with Gasteiger partial charge in [0.15, 0.2) is 0 Å². The van der Waals surface area contributed by atoms with E-state index in [0.29, 0.717) is 18.8 Å². The van der Waals surface area contributed by atoms with Crippen molar-refractivity contribution in [3.63, 3.8) is 0 Å². The average molecular weight is 275 g/mol. The third-order valence-corrected chi connectivity index (χ3v) is 4.48. The largest absolute Gasteiger partial charge is 0.391 e. The van der Waals surface area contributed by atoms with Crippen molar-refractivity contribution in [1.29, 1.82) is 0 Å². The van der Waals surface area contributed by atoms with Crippen molar-refractivity contribution in [2.24, 2.45) is 0 Å². The molecule has 4 nitrogen and oxygen atoms in total. The molecule has 2 atom stereocenters. The number of ether oxygens (including phenoxy) is 1. The number of carbonyl (C=O) groups excluding carboxylic acids is 1. The lowest BCUT2D eigenvalue weighted by Crippen LogP contribution is -2.46. The van der Waals surface area contributed by atoms with Gasteiger partial charge in [0, 0.05) is 12.6 Å². The van der Waals surface area contributed by atoms with Gasteiger partial charge in [-0.15, -0.1) is 0 Å². The number of hydrogen-bond donors (Lipinski definition) is 1. The Hall–Kier alpha value is -1.39. The second-order valence-corrected chi connectivity index (χ2v) is 5.81. The van der Waals surface area contributed by atoms with Crippen molar-refractivity contribution >= 4 is 5.91 Å². The Morgan fingerprint density at radius 3 is 2.80 bits per heavy atom. The van der Waals surface area contributed by atoms with Crippen LogP contribution in [0.4, 0.5) is 0 Å². The van der Waals surface area contributed by atoms with E-state index in [1.54, 1.807) is 11.9 Å². The zero-order chi connectivity index (χ0) is 14.1. The molecule has 0 bridgehead atoms. The number of fused-ring (bicyclic) bond motifs is 1. The zero-order valence-electron chi connectivity index (χ0n) is 11.8. The van der Waals surface area contributed by atoms with E-state index in [0.717, 1.165) is 31.2 Å². The molecule has 1 aromatic carbocycles. The minimum atomic E-state index is -0.393. The Kier molecular flexibility index (Phi) is 3.76. The Morgan fingerprint density at radius 1 is 1.25 bits per heavy atom. The average Bonchev–Trinajstić information content (AvgIpc) is 2.93. The first-order valence-electron chi connectivity index (χ1n) is 7.31. The predicted octanol–water partition coefficient (Wildman–Crippen LogP) is 2.09. The molecule has 1 heterocycles. The Balaban J connectivity index is 1.77. The van der Waals surface area contributed by atoms with Gasteiger partial charge in [-0.25, -0.2) is 0 Å². The van der Waals surface area contributed by atoms with Gasteiger partial charge in [0.1, 0.15) is 0 Å². The van der Waals surface area contributed by atoms with E-state index in [2.05, 4.69) is 0 Å². The summed E-state index contributed by atoms with van der Waals surface area (Å²) in [5.41, 5.74) is 2.96. The monoisotopic (exact) mass is 275 g/mol. The topological polar surface area (TPSA) is 49.8 Å². The maximum Gasteiger partial charge on any atom is 0.253 e. The molecule has 0 aromatic heterocycles. The standard InChI is InChI=1S/C16H21NO3/c1-17(14-4-2-3-5-15(14)18)16(19)11-6-7-12-9-20-10-13(12)8-11/h6-8,14-15,18H,2-5,9-10H2,1H3. The van der Waals surface area contributed by atoms with Crippen LogP contribution in [0.5, 0.6) is 0 Å². The van der Waals surface area contributed by atoms with Crippen LogP contribution < -0.4 is 0 Å². The van der Waals surface area contributed by atoms with Gasteiger partial charge in [-0.05, 0) is 36.1 Å². The van der Waals surface area contributed by atoms with Crippen LogP contribution >= 0.6 is 0 Å². The van der Waals surface area contributed by atoms with E-state index in [1.807, 2.05) is 18.2 Å². The van der Waals surface area contributed by atoms with E-state index in [9.17, 15) is 9.90 Å². The highest BCUT2D eigenvalue weighted by Crippen LogP contribution is 2.25. The molecule has 2 unspecified atom stereocenters. The van der Waals surface area contributed by atoms with Gasteiger partial charge in [0.05, 0.1) is 25.4 Å². The van der Waals surface area contributed by atoms with Gasteiger partial charge >= 0.3 is 0 Å². The molecule has 1 fully saturated rings. The van der Waals surface area contributed by atoms with Crippen molar-refractivity contribution in [3.8, 4) is 0 Å². The molecule has 1 saturated carbocycles. The number of rotatable bonds is 2. The maximum atomic E-state index is 12.6. The van der Waals surface area contributed by atoms with Gasteiger partial charge in [-0.3, -0.25) is 4.79 Å². The molecule has 0 saturated heterocycles. The summed E-state index contributed by atoms with van der Waals surface area (Å²) in [5.74, 6) is -0.00866. The fraction of sp³-hybridized carbons (Fsp3) is 0.562. The molecular formula is C16H21NO3. The summed E-state index contributed by atoms with van der Waals surface area (Å²) in [4.78, 5) is 14.3. The Bertz CT molecular complexity index is 514. The second-order valence-electron chi connectivity index (χ2n) is 5.81. The number of amides is 1. The van der Waals surface area contributed by atoms with Gasteiger partial charge in [-0.2, -0.15) is 0 Å². The molecule has 4 heteroatoms. The van der Waals surface area contributed by atoms with E-state index in [1.165, 1.54) is 5.56 Å². The van der Waals surface area contributed by atoms with Crippen molar-refractivity contribution in [2.75, 3.05) is 7.05 Å². The number of likely N-dealkylation sites (N-methyl/N-ethyl adjacent to an activating group) is 1. The lowest BCUT2D eigenvalue weighted by Gasteiger charge is -2.35. The number of benzene rings is 1. The van der Waals surface area contributed by atoms with Crippen LogP contribution in [0, 0.1) is 0 Å². The van der Waals surface area contributed by atoms with Crippen molar-refractivity contribution < 1.29 is 14.6 Å². The summed E-state index contributed by atoms with van der Waals surface area (Å²) in [6.07, 6.45) is 3.42. The molecule has 3 rings (SSSR count). The van der Waals surface area contributed by atoms with Crippen LogP contribution in [-0.4, -0.2) is 35.1 Å². The van der Waals surface area contributed by atoms with Gasteiger partial charge in [-0.1, -0.05) is 18.9 Å². The predicted molar refractivity (Wildman–Crippen MR) is 75.3 cm³/mol. The van der Waals surface area contributed by atoms with Crippen LogP contribution in [0.15, 0.2) is 18.2 Å². The second kappa shape index (κ2) is 5.54. The summed E-state index contributed by atoms with van der Waals surface area (Å²) in [5, 5.41) is 10.1. The number of aliphatic hydroxyl groups excluding tert-OH is 1. The first kappa shape index (κ1) is 13.6. The highest BCUT2D eigenvalue weighted by atomic mass is 16.5. The number of carbonyl (C=O) groups is 1. The highest BCUT2D eigenvalue weighted by Gasteiger charge is 2.30. The number of hydrogen-bond acceptors (Lipinski definition) is 3. The molecule has 1 aromatic rings. The van der Waals surface area contributed by atoms with Crippen molar-refractivity contribution in [2.45, 2.75) is 51.0 Å². The summed E-state index contributed by atoms with van der Waals surface area (Å²) in [6, 6.07) is 5.71. The molecular weight excluding hydrogens is 254 g/mol. The highest BCUT2D eigenvalue weighted by molar-refractivity contribution is 5.94. The molecule has 20 heavy (non-hydrogen) atoms. The Morgan fingerprint density at radius 2 is 2.00 bits per heavy atom. The van der Waals surface area contributed by atoms with Crippen LogP contribution in [0.3, 0.4) is 0 Å². The molecule has 0 spiro atoms. The molecule has 1 amide bonds. The third-order valence-electron chi connectivity index (χ3n) is 4.48. The van der Waals surface area contributed by atoms with Crippen molar-refractivity contribution in [1.82, 2.24) is 4.90 Å². The molecule has 0 radical (unpaired) electrons. The summed E-state index contributed by atoms with van der Waals surface area (Å²) >= 11 is 0. The first-order chi connectivity index (χ1) is 9.66. The van der Waals surface area contributed by atoms with Gasteiger partial charge in [0.25, 0.3) is 5.91 Å². The van der Waals surface area contributed by atoms with E-state index in [4.69, 9.17) is 4.74 Å². The zero-order valence-corrected chi connectivity index (χ0v) is 11.8.